The van der Waals surface area contributed by atoms with E-state index in [1.54, 1.807) is 0 Å². The molecule has 2 heterocycles. The normalized spacial score (nSPS) is 12.7. The molecule has 0 fully saturated rings. The molecule has 0 aliphatic carbocycles. The summed E-state index contributed by atoms with van der Waals surface area (Å²) in [7, 11) is 0. The van der Waals surface area contributed by atoms with Crippen LogP contribution in [0, 0.1) is 6.92 Å². The number of nitrogens with one attached hydrogen (secondary N) is 1. The van der Waals surface area contributed by atoms with Gasteiger partial charge >= 0.3 is 0 Å². The highest BCUT2D eigenvalue weighted by Gasteiger charge is 2.14. The number of aryl methyl sites for hydroxylation is 2. The van der Waals surface area contributed by atoms with Crippen molar-refractivity contribution in [1.82, 2.24) is 15.1 Å². The Morgan fingerprint density at radius 2 is 2.14 bits per heavy atom. The topological polar surface area (TPSA) is 77.0 Å². The lowest BCUT2D eigenvalue weighted by Gasteiger charge is -2.10. The molecule has 0 unspecified atom stereocenters. The Hall–Kier alpha value is -2.37. The Balaban J connectivity index is 1.76. The van der Waals surface area contributed by atoms with Crippen molar-refractivity contribution in [2.75, 3.05) is 5.32 Å². The summed E-state index contributed by atoms with van der Waals surface area (Å²) in [4.78, 5) is 8.71. The molecule has 0 aliphatic heterocycles. The van der Waals surface area contributed by atoms with Gasteiger partial charge in [-0.2, -0.15) is 4.98 Å². The van der Waals surface area contributed by atoms with Gasteiger partial charge in [0.05, 0.1) is 0 Å². The fourth-order valence-corrected chi connectivity index (χ4v) is 2.21. The van der Waals surface area contributed by atoms with E-state index in [0.717, 1.165) is 35.5 Å². The maximum absolute atomic E-state index is 5.46. The third kappa shape index (κ3) is 2.89. The third-order valence-electron chi connectivity index (χ3n) is 3.21. The van der Waals surface area contributed by atoms with Crippen LogP contribution in [0.15, 0.2) is 27.1 Å². The molecule has 2 aromatic heterocycles. The summed E-state index contributed by atoms with van der Waals surface area (Å²) in [6.07, 6.45) is 1.84. The molecule has 0 saturated carbocycles. The zero-order chi connectivity index (χ0) is 14.8. The molecule has 3 aromatic rings. The largest absolute Gasteiger partial charge is 0.441 e. The average molecular weight is 286 g/mol. The molecule has 0 bridgehead atoms. The van der Waals surface area contributed by atoms with Crippen LogP contribution in [0.25, 0.3) is 11.1 Å². The van der Waals surface area contributed by atoms with Crippen LogP contribution in [0.1, 0.15) is 43.9 Å². The lowest BCUT2D eigenvalue weighted by molar-refractivity contribution is 0.362. The van der Waals surface area contributed by atoms with E-state index in [4.69, 9.17) is 8.94 Å². The van der Waals surface area contributed by atoms with Crippen molar-refractivity contribution in [3.63, 3.8) is 0 Å². The molecule has 0 saturated heterocycles. The first kappa shape index (κ1) is 13.6. The number of fused-ring (bicyclic) bond motifs is 1. The molecule has 1 atom stereocenters. The number of hydrogen-bond donors (Lipinski definition) is 1. The smallest absolute Gasteiger partial charge is 0.248 e. The van der Waals surface area contributed by atoms with Crippen molar-refractivity contribution in [3.8, 4) is 0 Å². The van der Waals surface area contributed by atoms with Gasteiger partial charge in [-0.05, 0) is 31.5 Å². The summed E-state index contributed by atoms with van der Waals surface area (Å²) in [5.74, 6) is 2.01. The monoisotopic (exact) mass is 286 g/mol. The second-order valence-electron chi connectivity index (χ2n) is 5.08. The molecule has 21 heavy (non-hydrogen) atoms. The molecule has 0 radical (unpaired) electrons. The van der Waals surface area contributed by atoms with Gasteiger partial charge in [0, 0.05) is 19.0 Å². The van der Waals surface area contributed by atoms with Crippen LogP contribution >= 0.6 is 0 Å². The van der Waals surface area contributed by atoms with Crippen molar-refractivity contribution >= 4 is 16.8 Å². The Kier molecular flexibility index (Phi) is 3.60. The van der Waals surface area contributed by atoms with Crippen LogP contribution in [0.2, 0.25) is 0 Å². The lowest BCUT2D eigenvalue weighted by atomic mass is 10.2. The number of oxazole rings is 1. The Morgan fingerprint density at radius 3 is 2.95 bits per heavy atom. The molecule has 3 rings (SSSR count). The summed E-state index contributed by atoms with van der Waals surface area (Å²) in [5.41, 5.74) is 2.56. The zero-order valence-electron chi connectivity index (χ0n) is 12.4. The lowest BCUT2D eigenvalue weighted by Crippen LogP contribution is -2.07. The van der Waals surface area contributed by atoms with Crippen molar-refractivity contribution < 1.29 is 8.94 Å². The van der Waals surface area contributed by atoms with Crippen LogP contribution in [0.5, 0.6) is 0 Å². The summed E-state index contributed by atoms with van der Waals surface area (Å²) >= 11 is 0. The first-order valence-corrected chi connectivity index (χ1v) is 7.12. The first-order chi connectivity index (χ1) is 10.2. The van der Waals surface area contributed by atoms with Gasteiger partial charge in [-0.25, -0.2) is 4.98 Å². The van der Waals surface area contributed by atoms with Crippen molar-refractivity contribution in [2.45, 2.75) is 39.7 Å². The predicted octanol–water partition coefficient (Wildman–Crippen LogP) is 3.64. The van der Waals surface area contributed by atoms with Crippen molar-refractivity contribution in [2.24, 2.45) is 0 Å². The fourth-order valence-electron chi connectivity index (χ4n) is 2.21. The fraction of sp³-hybridized carbons (Fsp3) is 0.400. The van der Waals surface area contributed by atoms with Crippen molar-refractivity contribution in [3.05, 3.63) is 35.8 Å². The minimum atomic E-state index is -0.0615. The van der Waals surface area contributed by atoms with Gasteiger partial charge in [-0.1, -0.05) is 12.1 Å². The molecule has 1 N–H and O–H groups in total. The van der Waals surface area contributed by atoms with E-state index >= 15 is 0 Å². The molecule has 0 amide bonds. The standard InChI is InChI=1S/C15H18N4O2/c1-4-5-14-18-15(21-19-14)9(2)16-11-6-7-13-12(8-11)17-10(3)20-13/h6-9,16H,4-5H2,1-3H3/t9-/m1/s1. The summed E-state index contributed by atoms with van der Waals surface area (Å²) in [6, 6.07) is 5.74. The zero-order valence-corrected chi connectivity index (χ0v) is 12.4. The Morgan fingerprint density at radius 1 is 1.29 bits per heavy atom. The van der Waals surface area contributed by atoms with E-state index in [0.29, 0.717) is 11.8 Å². The van der Waals surface area contributed by atoms with E-state index < -0.39 is 0 Å². The molecule has 6 nitrogen and oxygen atoms in total. The molecule has 1 aromatic carbocycles. The Labute approximate surface area is 122 Å². The third-order valence-corrected chi connectivity index (χ3v) is 3.21. The molecule has 0 spiro atoms. The van der Waals surface area contributed by atoms with Gasteiger partial charge < -0.3 is 14.3 Å². The second kappa shape index (κ2) is 5.55. The minimum Gasteiger partial charge on any atom is -0.441 e. The number of benzene rings is 1. The molecule has 0 aliphatic rings. The highest BCUT2D eigenvalue weighted by Crippen LogP contribution is 2.23. The molecule has 110 valence electrons. The second-order valence-corrected chi connectivity index (χ2v) is 5.08. The van der Waals surface area contributed by atoms with Gasteiger partial charge in [0.25, 0.3) is 0 Å². The molecular formula is C15H18N4O2. The van der Waals surface area contributed by atoms with Crippen LogP contribution < -0.4 is 5.32 Å². The van der Waals surface area contributed by atoms with Gasteiger partial charge in [0.15, 0.2) is 17.3 Å². The van der Waals surface area contributed by atoms with Crippen LogP contribution in [0.3, 0.4) is 0 Å². The number of anilines is 1. The minimum absolute atomic E-state index is 0.0615. The van der Waals surface area contributed by atoms with Gasteiger partial charge in [-0.15, -0.1) is 0 Å². The highest BCUT2D eigenvalue weighted by molar-refractivity contribution is 5.77. The first-order valence-electron chi connectivity index (χ1n) is 7.12. The number of aromatic nitrogens is 3. The summed E-state index contributed by atoms with van der Waals surface area (Å²) in [6.45, 7) is 5.91. The van der Waals surface area contributed by atoms with E-state index in [1.165, 1.54) is 0 Å². The van der Waals surface area contributed by atoms with Crippen LogP contribution in [-0.2, 0) is 6.42 Å². The van der Waals surface area contributed by atoms with E-state index in [-0.39, 0.29) is 6.04 Å². The maximum atomic E-state index is 5.46. The van der Waals surface area contributed by atoms with Gasteiger partial charge in [0.2, 0.25) is 5.89 Å². The SMILES string of the molecule is CCCc1noc([C@@H](C)Nc2ccc3oc(C)nc3c2)n1. The maximum Gasteiger partial charge on any atom is 0.248 e. The van der Waals surface area contributed by atoms with E-state index in [1.807, 2.05) is 32.0 Å². The summed E-state index contributed by atoms with van der Waals surface area (Å²) in [5, 5.41) is 7.31. The molecule has 6 heteroatoms. The number of hydrogen-bond acceptors (Lipinski definition) is 6. The predicted molar refractivity (Wildman–Crippen MR) is 79.1 cm³/mol. The Bertz CT molecular complexity index is 747. The van der Waals surface area contributed by atoms with Crippen LogP contribution in [-0.4, -0.2) is 15.1 Å². The van der Waals surface area contributed by atoms with Crippen LogP contribution in [0.4, 0.5) is 5.69 Å². The van der Waals surface area contributed by atoms with Gasteiger partial charge in [0.1, 0.15) is 11.6 Å². The summed E-state index contributed by atoms with van der Waals surface area (Å²) < 4.78 is 10.7. The van der Waals surface area contributed by atoms with E-state index in [9.17, 15) is 0 Å². The average Bonchev–Trinajstić information content (AvgIpc) is 3.04. The highest BCUT2D eigenvalue weighted by atomic mass is 16.5. The van der Waals surface area contributed by atoms with Crippen molar-refractivity contribution in [1.29, 1.82) is 0 Å². The number of nitrogens with zero attached hydrogens (tertiary/aromatic N) is 3. The molecular weight excluding hydrogens is 268 g/mol. The van der Waals surface area contributed by atoms with E-state index in [2.05, 4.69) is 27.4 Å². The number of rotatable bonds is 5. The van der Waals surface area contributed by atoms with Gasteiger partial charge in [-0.3, -0.25) is 0 Å². The quantitative estimate of drug-likeness (QED) is 0.771.